The number of nitrogens with zero attached hydrogens (tertiary/aromatic N) is 2. The molecule has 0 saturated carbocycles. The van der Waals surface area contributed by atoms with Gasteiger partial charge in [0.25, 0.3) is 0 Å². The summed E-state index contributed by atoms with van der Waals surface area (Å²) in [5.41, 5.74) is 2.01. The Bertz CT molecular complexity index is 471. The van der Waals surface area contributed by atoms with Crippen molar-refractivity contribution in [3.05, 3.63) is 47.4 Å². The van der Waals surface area contributed by atoms with Crippen molar-refractivity contribution in [3.8, 4) is 0 Å². The molecule has 0 saturated heterocycles. The largest absolute Gasteiger partial charge is 0.340 e. The van der Waals surface area contributed by atoms with Crippen LogP contribution in [0.2, 0.25) is 5.15 Å². The van der Waals surface area contributed by atoms with E-state index in [-0.39, 0.29) is 0 Å². The summed E-state index contributed by atoms with van der Waals surface area (Å²) >= 11 is 11.5. The van der Waals surface area contributed by atoms with Crippen LogP contribution in [0.4, 0.5) is 11.5 Å². The van der Waals surface area contributed by atoms with Gasteiger partial charge in [-0.3, -0.25) is 0 Å². The minimum absolute atomic E-state index is 0.412. The number of hydrogen-bond acceptors (Lipinski definition) is 3. The van der Waals surface area contributed by atoms with E-state index in [2.05, 4.69) is 15.3 Å². The van der Waals surface area contributed by atoms with E-state index in [4.69, 9.17) is 23.2 Å². The molecule has 2 rings (SSSR count). The number of anilines is 2. The molecule has 1 aromatic heterocycles. The van der Waals surface area contributed by atoms with Gasteiger partial charge in [0, 0.05) is 17.6 Å². The lowest BCUT2D eigenvalue weighted by molar-refractivity contribution is 1.17. The topological polar surface area (TPSA) is 37.8 Å². The van der Waals surface area contributed by atoms with Gasteiger partial charge in [0.1, 0.15) is 17.3 Å². The third-order valence-corrected chi connectivity index (χ3v) is 2.53. The van der Waals surface area contributed by atoms with Crippen LogP contribution in [0.15, 0.2) is 36.7 Å². The fraction of sp³-hybridized carbons (Fsp3) is 0.0909. The molecule has 0 spiro atoms. The third-order valence-electron chi connectivity index (χ3n) is 2.01. The van der Waals surface area contributed by atoms with E-state index in [0.29, 0.717) is 16.9 Å². The molecule has 5 heteroatoms. The van der Waals surface area contributed by atoms with Crippen LogP contribution in [-0.4, -0.2) is 9.97 Å². The normalized spacial score (nSPS) is 10.1. The summed E-state index contributed by atoms with van der Waals surface area (Å²) < 4.78 is 0. The molecular formula is C11H9Cl2N3. The van der Waals surface area contributed by atoms with Gasteiger partial charge in [-0.1, -0.05) is 23.7 Å². The molecule has 0 aliphatic rings. The Hall–Kier alpha value is -1.32. The highest BCUT2D eigenvalue weighted by atomic mass is 35.5. The Morgan fingerprint density at radius 1 is 1.12 bits per heavy atom. The molecule has 0 amide bonds. The lowest BCUT2D eigenvalue weighted by Gasteiger charge is -2.05. The number of rotatable bonds is 3. The first-order valence-corrected chi connectivity index (χ1v) is 5.58. The number of halogens is 2. The number of nitrogens with one attached hydrogen (secondary N) is 1. The van der Waals surface area contributed by atoms with Crippen molar-refractivity contribution in [2.45, 2.75) is 5.88 Å². The van der Waals surface area contributed by atoms with E-state index >= 15 is 0 Å². The van der Waals surface area contributed by atoms with Crippen LogP contribution in [0.1, 0.15) is 5.56 Å². The molecule has 0 aliphatic heterocycles. The van der Waals surface area contributed by atoms with Crippen LogP contribution in [0.3, 0.4) is 0 Å². The van der Waals surface area contributed by atoms with Gasteiger partial charge < -0.3 is 5.32 Å². The predicted molar refractivity (Wildman–Crippen MR) is 66.3 cm³/mol. The first-order valence-electron chi connectivity index (χ1n) is 4.67. The highest BCUT2D eigenvalue weighted by Crippen LogP contribution is 2.17. The number of alkyl halides is 1. The van der Waals surface area contributed by atoms with Gasteiger partial charge in [0.2, 0.25) is 0 Å². The second-order valence-electron chi connectivity index (χ2n) is 3.18. The summed E-state index contributed by atoms with van der Waals surface area (Å²) in [6, 6.07) is 9.45. The van der Waals surface area contributed by atoms with Crippen molar-refractivity contribution in [1.82, 2.24) is 9.97 Å². The third kappa shape index (κ3) is 2.84. The van der Waals surface area contributed by atoms with Crippen LogP contribution < -0.4 is 5.32 Å². The van der Waals surface area contributed by atoms with Crippen LogP contribution in [0.5, 0.6) is 0 Å². The maximum atomic E-state index is 5.75. The van der Waals surface area contributed by atoms with E-state index in [1.807, 2.05) is 24.3 Å². The first kappa shape index (κ1) is 11.2. The van der Waals surface area contributed by atoms with Gasteiger partial charge in [-0.25, -0.2) is 9.97 Å². The zero-order chi connectivity index (χ0) is 11.4. The number of aromatic nitrogens is 2. The first-order chi connectivity index (χ1) is 7.78. The van der Waals surface area contributed by atoms with Gasteiger partial charge in [-0.2, -0.15) is 0 Å². The Morgan fingerprint density at radius 2 is 1.88 bits per heavy atom. The monoisotopic (exact) mass is 253 g/mol. The molecule has 0 unspecified atom stereocenters. The number of hydrogen-bond donors (Lipinski definition) is 1. The summed E-state index contributed by atoms with van der Waals surface area (Å²) in [4.78, 5) is 7.85. The zero-order valence-electron chi connectivity index (χ0n) is 8.32. The standard InChI is InChI=1S/C11H9Cl2N3/c12-6-8-1-3-9(4-2-8)16-11-5-10(13)14-7-15-11/h1-5,7H,6H2,(H,14,15,16). The second-order valence-corrected chi connectivity index (χ2v) is 3.84. The summed E-state index contributed by atoms with van der Waals surface area (Å²) in [6.45, 7) is 0. The summed E-state index contributed by atoms with van der Waals surface area (Å²) in [6.07, 6.45) is 1.41. The second kappa shape index (κ2) is 5.14. The molecular weight excluding hydrogens is 245 g/mol. The maximum absolute atomic E-state index is 5.75. The van der Waals surface area contributed by atoms with Gasteiger partial charge in [-0.05, 0) is 17.7 Å². The van der Waals surface area contributed by atoms with Gasteiger partial charge >= 0.3 is 0 Å². The lowest BCUT2D eigenvalue weighted by atomic mass is 10.2. The van der Waals surface area contributed by atoms with Crippen molar-refractivity contribution >= 4 is 34.7 Å². The van der Waals surface area contributed by atoms with E-state index in [9.17, 15) is 0 Å². The average molecular weight is 254 g/mol. The molecule has 0 aliphatic carbocycles. The van der Waals surface area contributed by atoms with Crippen LogP contribution >= 0.6 is 23.2 Å². The summed E-state index contributed by atoms with van der Waals surface area (Å²) in [5.74, 6) is 1.18. The van der Waals surface area contributed by atoms with Crippen molar-refractivity contribution in [2.75, 3.05) is 5.32 Å². The van der Waals surface area contributed by atoms with Crippen LogP contribution in [0.25, 0.3) is 0 Å². The minimum Gasteiger partial charge on any atom is -0.340 e. The highest BCUT2D eigenvalue weighted by Gasteiger charge is 1.97. The van der Waals surface area contributed by atoms with Crippen LogP contribution in [-0.2, 0) is 5.88 Å². The molecule has 1 N–H and O–H groups in total. The minimum atomic E-state index is 0.412. The fourth-order valence-electron chi connectivity index (χ4n) is 1.23. The maximum Gasteiger partial charge on any atom is 0.135 e. The van der Waals surface area contributed by atoms with Gasteiger partial charge in [-0.15, -0.1) is 11.6 Å². The molecule has 16 heavy (non-hydrogen) atoms. The highest BCUT2D eigenvalue weighted by molar-refractivity contribution is 6.29. The SMILES string of the molecule is ClCc1ccc(Nc2cc(Cl)ncn2)cc1. The van der Waals surface area contributed by atoms with E-state index in [1.54, 1.807) is 6.07 Å². The van der Waals surface area contributed by atoms with Gasteiger partial charge in [0.15, 0.2) is 0 Å². The van der Waals surface area contributed by atoms with Crippen molar-refractivity contribution < 1.29 is 0 Å². The molecule has 1 aromatic carbocycles. The average Bonchev–Trinajstić information content (AvgIpc) is 2.30. The van der Waals surface area contributed by atoms with Crippen molar-refractivity contribution in [1.29, 1.82) is 0 Å². The van der Waals surface area contributed by atoms with Gasteiger partial charge in [0.05, 0.1) is 0 Å². The van der Waals surface area contributed by atoms with Crippen molar-refractivity contribution in [2.24, 2.45) is 0 Å². The van der Waals surface area contributed by atoms with Crippen LogP contribution in [0, 0.1) is 0 Å². The molecule has 0 radical (unpaired) electrons. The predicted octanol–water partition coefficient (Wildman–Crippen LogP) is 3.61. The van der Waals surface area contributed by atoms with Crippen molar-refractivity contribution in [3.63, 3.8) is 0 Å². The smallest absolute Gasteiger partial charge is 0.135 e. The summed E-state index contributed by atoms with van der Waals surface area (Å²) in [7, 11) is 0. The molecule has 3 nitrogen and oxygen atoms in total. The Labute approximate surface area is 103 Å². The molecule has 0 bridgehead atoms. The molecule has 0 fully saturated rings. The Balaban J connectivity index is 2.14. The molecule has 1 heterocycles. The quantitative estimate of drug-likeness (QED) is 0.671. The fourth-order valence-corrected chi connectivity index (χ4v) is 1.55. The van der Waals surface area contributed by atoms with E-state index in [0.717, 1.165) is 11.3 Å². The Kier molecular flexibility index (Phi) is 3.59. The zero-order valence-corrected chi connectivity index (χ0v) is 9.83. The number of benzene rings is 1. The summed E-state index contributed by atoms with van der Waals surface area (Å²) in [5, 5.41) is 3.53. The molecule has 82 valence electrons. The van der Waals surface area contributed by atoms with E-state index < -0.39 is 0 Å². The van der Waals surface area contributed by atoms with E-state index in [1.165, 1.54) is 6.33 Å². The molecule has 0 atom stereocenters. The Morgan fingerprint density at radius 3 is 2.50 bits per heavy atom. The molecule has 2 aromatic rings. The lowest BCUT2D eigenvalue weighted by Crippen LogP contribution is -1.94.